The topological polar surface area (TPSA) is 29.5 Å². The SMILES string of the molecule is CC1CCCN(C(=O)c2ccc3c(c2)CCO3)C1. The lowest BCUT2D eigenvalue weighted by molar-refractivity contribution is 0.0683. The number of nitrogens with zero attached hydrogens (tertiary/aromatic N) is 1. The predicted molar refractivity (Wildman–Crippen MR) is 69.9 cm³/mol. The van der Waals surface area contributed by atoms with Crippen molar-refractivity contribution in [2.45, 2.75) is 26.2 Å². The Morgan fingerprint density at radius 1 is 1.44 bits per heavy atom. The van der Waals surface area contributed by atoms with Crippen molar-refractivity contribution >= 4 is 5.91 Å². The van der Waals surface area contributed by atoms with Gasteiger partial charge < -0.3 is 9.64 Å². The van der Waals surface area contributed by atoms with Crippen molar-refractivity contribution in [1.82, 2.24) is 4.90 Å². The molecule has 3 heteroatoms. The number of likely N-dealkylation sites (tertiary alicyclic amines) is 1. The summed E-state index contributed by atoms with van der Waals surface area (Å²) in [6, 6.07) is 5.83. The standard InChI is InChI=1S/C15H19NO2/c1-11-3-2-7-16(10-11)15(17)13-4-5-14-12(9-13)6-8-18-14/h4-5,9,11H,2-3,6-8,10H2,1H3. The molecule has 2 aliphatic heterocycles. The van der Waals surface area contributed by atoms with Gasteiger partial charge in [0.25, 0.3) is 5.91 Å². The van der Waals surface area contributed by atoms with Gasteiger partial charge in [0, 0.05) is 25.1 Å². The van der Waals surface area contributed by atoms with Crippen molar-refractivity contribution in [2.75, 3.05) is 19.7 Å². The van der Waals surface area contributed by atoms with E-state index in [2.05, 4.69) is 6.92 Å². The Morgan fingerprint density at radius 3 is 3.17 bits per heavy atom. The van der Waals surface area contributed by atoms with Gasteiger partial charge in [0.05, 0.1) is 6.61 Å². The van der Waals surface area contributed by atoms with Crippen LogP contribution >= 0.6 is 0 Å². The summed E-state index contributed by atoms with van der Waals surface area (Å²) in [6.45, 7) is 4.76. The third-order valence-corrected chi connectivity index (χ3v) is 3.88. The van der Waals surface area contributed by atoms with Gasteiger partial charge in [0.2, 0.25) is 0 Å². The molecule has 1 fully saturated rings. The molecular weight excluding hydrogens is 226 g/mol. The number of hydrogen-bond donors (Lipinski definition) is 0. The van der Waals surface area contributed by atoms with Gasteiger partial charge in [-0.05, 0) is 42.5 Å². The monoisotopic (exact) mass is 245 g/mol. The molecule has 0 saturated carbocycles. The fourth-order valence-corrected chi connectivity index (χ4v) is 2.88. The fourth-order valence-electron chi connectivity index (χ4n) is 2.88. The van der Waals surface area contributed by atoms with E-state index in [9.17, 15) is 4.79 Å². The highest BCUT2D eigenvalue weighted by Crippen LogP contribution is 2.27. The summed E-state index contributed by atoms with van der Waals surface area (Å²) < 4.78 is 5.47. The number of carbonyl (C=O) groups excluding carboxylic acids is 1. The summed E-state index contributed by atoms with van der Waals surface area (Å²) >= 11 is 0. The van der Waals surface area contributed by atoms with E-state index in [0.29, 0.717) is 5.92 Å². The summed E-state index contributed by atoms with van der Waals surface area (Å²) in [5.74, 6) is 1.75. The van der Waals surface area contributed by atoms with E-state index < -0.39 is 0 Å². The van der Waals surface area contributed by atoms with Gasteiger partial charge in [-0.25, -0.2) is 0 Å². The summed E-state index contributed by atoms with van der Waals surface area (Å²) in [6.07, 6.45) is 3.29. The number of ether oxygens (including phenoxy) is 1. The zero-order chi connectivity index (χ0) is 12.5. The van der Waals surface area contributed by atoms with E-state index in [-0.39, 0.29) is 5.91 Å². The average Bonchev–Trinajstić information content (AvgIpc) is 2.85. The van der Waals surface area contributed by atoms with Crippen LogP contribution in [0.25, 0.3) is 0 Å². The Balaban J connectivity index is 1.79. The first kappa shape index (κ1) is 11.6. The highest BCUT2D eigenvalue weighted by Gasteiger charge is 2.23. The molecule has 0 radical (unpaired) electrons. The van der Waals surface area contributed by atoms with Crippen LogP contribution in [0.5, 0.6) is 5.75 Å². The van der Waals surface area contributed by atoms with Gasteiger partial charge in [0.1, 0.15) is 5.75 Å². The molecule has 3 rings (SSSR count). The molecule has 2 aliphatic rings. The zero-order valence-corrected chi connectivity index (χ0v) is 10.8. The van der Waals surface area contributed by atoms with Crippen LogP contribution in [0.3, 0.4) is 0 Å². The quantitative estimate of drug-likeness (QED) is 0.760. The number of hydrogen-bond acceptors (Lipinski definition) is 2. The molecule has 0 bridgehead atoms. The van der Waals surface area contributed by atoms with Crippen LogP contribution in [0.15, 0.2) is 18.2 Å². The normalized spacial score (nSPS) is 22.5. The first-order chi connectivity index (χ1) is 8.74. The second kappa shape index (κ2) is 4.63. The van der Waals surface area contributed by atoms with E-state index in [1.54, 1.807) is 0 Å². The maximum absolute atomic E-state index is 12.4. The minimum atomic E-state index is 0.177. The molecule has 1 amide bonds. The Labute approximate surface area is 108 Å². The largest absolute Gasteiger partial charge is 0.493 e. The molecule has 0 spiro atoms. The second-order valence-electron chi connectivity index (χ2n) is 5.42. The summed E-state index contributed by atoms with van der Waals surface area (Å²) in [5.41, 5.74) is 1.99. The number of amides is 1. The summed E-state index contributed by atoms with van der Waals surface area (Å²) in [7, 11) is 0. The smallest absolute Gasteiger partial charge is 0.253 e. The molecular formula is C15H19NO2. The van der Waals surface area contributed by atoms with Crippen LogP contribution in [0.4, 0.5) is 0 Å². The van der Waals surface area contributed by atoms with Crippen LogP contribution in [0, 0.1) is 5.92 Å². The fraction of sp³-hybridized carbons (Fsp3) is 0.533. The molecule has 1 saturated heterocycles. The maximum atomic E-state index is 12.4. The first-order valence-corrected chi connectivity index (χ1v) is 6.79. The predicted octanol–water partition coefficient (Wildman–Crippen LogP) is 2.49. The summed E-state index contributed by atoms with van der Waals surface area (Å²) in [4.78, 5) is 14.4. The molecule has 0 aliphatic carbocycles. The molecule has 1 unspecified atom stereocenters. The molecule has 96 valence electrons. The van der Waals surface area contributed by atoms with Crippen LogP contribution in [-0.4, -0.2) is 30.5 Å². The van der Waals surface area contributed by atoms with E-state index >= 15 is 0 Å². The third kappa shape index (κ3) is 2.09. The van der Waals surface area contributed by atoms with Gasteiger partial charge in [0.15, 0.2) is 0 Å². The van der Waals surface area contributed by atoms with E-state index in [0.717, 1.165) is 43.9 Å². The van der Waals surface area contributed by atoms with Gasteiger partial charge in [-0.15, -0.1) is 0 Å². The van der Waals surface area contributed by atoms with E-state index in [4.69, 9.17) is 4.74 Å². The van der Waals surface area contributed by atoms with Crippen molar-refractivity contribution in [2.24, 2.45) is 5.92 Å². The van der Waals surface area contributed by atoms with Crippen LogP contribution in [0.2, 0.25) is 0 Å². The van der Waals surface area contributed by atoms with Gasteiger partial charge >= 0.3 is 0 Å². The molecule has 1 aromatic carbocycles. The van der Waals surface area contributed by atoms with E-state index in [1.807, 2.05) is 23.1 Å². The Hall–Kier alpha value is -1.51. The average molecular weight is 245 g/mol. The van der Waals surface area contributed by atoms with Crippen molar-refractivity contribution in [1.29, 1.82) is 0 Å². The maximum Gasteiger partial charge on any atom is 0.253 e. The highest BCUT2D eigenvalue weighted by atomic mass is 16.5. The van der Waals surface area contributed by atoms with Crippen LogP contribution in [-0.2, 0) is 6.42 Å². The molecule has 1 atom stereocenters. The minimum absolute atomic E-state index is 0.177. The number of fused-ring (bicyclic) bond motifs is 1. The number of rotatable bonds is 1. The summed E-state index contributed by atoms with van der Waals surface area (Å²) in [5, 5.41) is 0. The van der Waals surface area contributed by atoms with Crippen LogP contribution in [0.1, 0.15) is 35.7 Å². The van der Waals surface area contributed by atoms with E-state index in [1.165, 1.54) is 12.0 Å². The molecule has 18 heavy (non-hydrogen) atoms. The number of carbonyl (C=O) groups is 1. The van der Waals surface area contributed by atoms with Crippen LogP contribution < -0.4 is 4.74 Å². The Bertz CT molecular complexity index is 470. The molecule has 0 aromatic heterocycles. The van der Waals surface area contributed by atoms with Gasteiger partial charge in [-0.3, -0.25) is 4.79 Å². The Kier molecular flexibility index (Phi) is 2.98. The second-order valence-corrected chi connectivity index (χ2v) is 5.42. The zero-order valence-electron chi connectivity index (χ0n) is 10.8. The molecule has 3 nitrogen and oxygen atoms in total. The lowest BCUT2D eigenvalue weighted by Gasteiger charge is -2.31. The minimum Gasteiger partial charge on any atom is -0.493 e. The molecule has 1 aromatic rings. The third-order valence-electron chi connectivity index (χ3n) is 3.88. The highest BCUT2D eigenvalue weighted by molar-refractivity contribution is 5.94. The van der Waals surface area contributed by atoms with Crippen molar-refractivity contribution in [3.05, 3.63) is 29.3 Å². The van der Waals surface area contributed by atoms with Crippen molar-refractivity contribution in [3.63, 3.8) is 0 Å². The lowest BCUT2D eigenvalue weighted by atomic mass is 9.99. The molecule has 0 N–H and O–H groups in total. The number of piperidine rings is 1. The lowest BCUT2D eigenvalue weighted by Crippen LogP contribution is -2.39. The van der Waals surface area contributed by atoms with Crippen molar-refractivity contribution < 1.29 is 9.53 Å². The Morgan fingerprint density at radius 2 is 2.33 bits per heavy atom. The van der Waals surface area contributed by atoms with Gasteiger partial charge in [-0.2, -0.15) is 0 Å². The number of benzene rings is 1. The van der Waals surface area contributed by atoms with Gasteiger partial charge in [-0.1, -0.05) is 6.92 Å². The first-order valence-electron chi connectivity index (χ1n) is 6.79. The van der Waals surface area contributed by atoms with Crippen molar-refractivity contribution in [3.8, 4) is 5.75 Å². The molecule has 2 heterocycles.